The summed E-state index contributed by atoms with van der Waals surface area (Å²) in [6.07, 6.45) is 3.25. The van der Waals surface area contributed by atoms with E-state index in [-0.39, 0.29) is 18.3 Å². The van der Waals surface area contributed by atoms with Crippen molar-refractivity contribution >= 4 is 11.8 Å². The highest BCUT2D eigenvalue weighted by Crippen LogP contribution is 2.75. The third kappa shape index (κ3) is 2.14. The Kier molecular flexibility index (Phi) is 4.08. The van der Waals surface area contributed by atoms with Gasteiger partial charge in [-0.25, -0.2) is 0 Å². The molecule has 4 rings (SSSR count). The number of hydrogen-bond acceptors (Lipinski definition) is 6. The summed E-state index contributed by atoms with van der Waals surface area (Å²) < 4.78 is 5.58. The summed E-state index contributed by atoms with van der Waals surface area (Å²) in [6.45, 7) is 8.51. The van der Waals surface area contributed by atoms with Gasteiger partial charge in [-0.2, -0.15) is 0 Å². The second kappa shape index (κ2) is 5.77. The van der Waals surface area contributed by atoms with E-state index < -0.39 is 52.4 Å². The van der Waals surface area contributed by atoms with E-state index in [0.29, 0.717) is 12.0 Å². The zero-order valence-electron chi connectivity index (χ0n) is 17.1. The van der Waals surface area contributed by atoms with E-state index in [1.54, 1.807) is 13.8 Å². The van der Waals surface area contributed by atoms with Gasteiger partial charge in [0.1, 0.15) is 11.7 Å². The summed E-state index contributed by atoms with van der Waals surface area (Å²) in [7, 11) is 0. The standard InChI is InChI=1S/C22H30O6/c1-10-6-15-14(17(10)25)7-13(9-23)8-16-18-20(4,5)22(18,27)19(28-12(3)24)11(2)21(15,16)26/h6,8,11,14-16,18-19,23,26-27H,7,9H2,1-5H3/t11-,14-,15-,16+,18-,19-,21+,22-/m1/s1. The molecule has 0 bridgehead atoms. The Morgan fingerprint density at radius 1 is 1.25 bits per heavy atom. The molecule has 0 radical (unpaired) electrons. The van der Waals surface area contributed by atoms with Crippen LogP contribution in [0.2, 0.25) is 0 Å². The van der Waals surface area contributed by atoms with E-state index in [1.807, 2.05) is 26.0 Å². The van der Waals surface area contributed by atoms with Gasteiger partial charge in [0, 0.05) is 41.9 Å². The number of allylic oxidation sites excluding steroid dienone is 1. The zero-order chi connectivity index (χ0) is 20.8. The molecule has 0 aromatic carbocycles. The van der Waals surface area contributed by atoms with Crippen molar-refractivity contribution in [1.29, 1.82) is 0 Å². The molecule has 154 valence electrons. The van der Waals surface area contributed by atoms with Crippen LogP contribution >= 0.6 is 0 Å². The van der Waals surface area contributed by atoms with Gasteiger partial charge in [-0.05, 0) is 24.5 Å². The summed E-state index contributed by atoms with van der Waals surface area (Å²) in [4.78, 5) is 24.6. The number of rotatable bonds is 2. The molecule has 6 heteroatoms. The molecule has 28 heavy (non-hydrogen) atoms. The van der Waals surface area contributed by atoms with Gasteiger partial charge in [-0.1, -0.05) is 32.9 Å². The number of carbonyl (C=O) groups is 2. The Hall–Kier alpha value is -1.50. The first-order valence-corrected chi connectivity index (χ1v) is 10.1. The molecule has 0 aliphatic heterocycles. The maximum absolute atomic E-state index is 12.8. The summed E-state index contributed by atoms with van der Waals surface area (Å²) in [5, 5.41) is 33.6. The van der Waals surface area contributed by atoms with Gasteiger partial charge in [-0.15, -0.1) is 0 Å². The van der Waals surface area contributed by atoms with Crippen LogP contribution in [0.15, 0.2) is 23.3 Å². The van der Waals surface area contributed by atoms with Gasteiger partial charge in [0.15, 0.2) is 5.78 Å². The first kappa shape index (κ1) is 19.8. The van der Waals surface area contributed by atoms with E-state index >= 15 is 0 Å². The average molecular weight is 390 g/mol. The highest BCUT2D eigenvalue weighted by atomic mass is 16.6. The first-order chi connectivity index (χ1) is 12.9. The van der Waals surface area contributed by atoms with Crippen LogP contribution in [0.1, 0.15) is 41.0 Å². The number of esters is 1. The van der Waals surface area contributed by atoms with Gasteiger partial charge >= 0.3 is 5.97 Å². The highest BCUT2D eigenvalue weighted by molar-refractivity contribution is 5.99. The molecule has 2 fully saturated rings. The fourth-order valence-corrected chi connectivity index (χ4v) is 6.72. The van der Waals surface area contributed by atoms with Gasteiger partial charge in [0.25, 0.3) is 0 Å². The first-order valence-electron chi connectivity index (χ1n) is 10.1. The van der Waals surface area contributed by atoms with Crippen molar-refractivity contribution in [3.8, 4) is 0 Å². The fourth-order valence-electron chi connectivity index (χ4n) is 6.72. The maximum atomic E-state index is 12.8. The minimum Gasteiger partial charge on any atom is -0.459 e. The zero-order valence-corrected chi connectivity index (χ0v) is 17.1. The molecule has 0 aromatic rings. The number of ether oxygens (including phenoxy) is 1. The molecule has 4 aliphatic rings. The topological polar surface area (TPSA) is 104 Å². The van der Waals surface area contributed by atoms with Crippen molar-refractivity contribution in [2.24, 2.45) is 35.0 Å². The Balaban J connectivity index is 1.91. The molecular formula is C22H30O6. The largest absolute Gasteiger partial charge is 0.459 e. The predicted molar refractivity (Wildman–Crippen MR) is 101 cm³/mol. The molecule has 4 aliphatic carbocycles. The third-order valence-corrected chi connectivity index (χ3v) is 8.23. The molecule has 6 nitrogen and oxygen atoms in total. The molecule has 2 saturated carbocycles. The third-order valence-electron chi connectivity index (χ3n) is 8.23. The second-order valence-electron chi connectivity index (χ2n) is 9.79. The molecule has 0 saturated heterocycles. The van der Waals surface area contributed by atoms with Crippen LogP contribution in [0.25, 0.3) is 0 Å². The van der Waals surface area contributed by atoms with E-state index in [2.05, 4.69) is 0 Å². The smallest absolute Gasteiger partial charge is 0.303 e. The number of Topliss-reactive ketones (excluding diaryl/α,β-unsaturated/α-hetero) is 1. The summed E-state index contributed by atoms with van der Waals surface area (Å²) in [5.41, 5.74) is -1.86. The van der Waals surface area contributed by atoms with Gasteiger partial charge in [0.2, 0.25) is 0 Å². The average Bonchev–Trinajstić information content (AvgIpc) is 2.97. The van der Waals surface area contributed by atoms with Gasteiger partial charge in [0.05, 0.1) is 12.2 Å². The van der Waals surface area contributed by atoms with E-state index in [9.17, 15) is 24.9 Å². The van der Waals surface area contributed by atoms with E-state index in [0.717, 1.165) is 5.57 Å². The lowest BCUT2D eigenvalue weighted by Crippen LogP contribution is -2.62. The fraction of sp³-hybridized carbons (Fsp3) is 0.727. The molecule has 3 N–H and O–H groups in total. The Morgan fingerprint density at radius 2 is 1.89 bits per heavy atom. The summed E-state index contributed by atoms with van der Waals surface area (Å²) >= 11 is 0. The van der Waals surface area contributed by atoms with Gasteiger partial charge in [-0.3, -0.25) is 9.59 Å². The SMILES string of the molecule is CC(=O)O[C@@H]1[C@@H](C)[C@]2(O)[C@@H]3C=C(C)C(=O)[C@@H]3CC(CO)=C[C@H]2[C@@H]2C(C)(C)[C@]12O. The van der Waals surface area contributed by atoms with Crippen LogP contribution in [0.4, 0.5) is 0 Å². The number of aliphatic hydroxyl groups excluding tert-OH is 1. The maximum Gasteiger partial charge on any atom is 0.303 e. The van der Waals surface area contributed by atoms with Crippen molar-refractivity contribution in [2.75, 3.05) is 6.61 Å². The quantitative estimate of drug-likeness (QED) is 0.486. The van der Waals surface area contributed by atoms with Crippen molar-refractivity contribution in [3.05, 3.63) is 23.3 Å². The molecule has 0 unspecified atom stereocenters. The van der Waals surface area contributed by atoms with Crippen molar-refractivity contribution in [2.45, 2.75) is 58.3 Å². The molecule has 0 heterocycles. The van der Waals surface area contributed by atoms with Crippen LogP contribution in [-0.4, -0.2) is 51.0 Å². The summed E-state index contributed by atoms with van der Waals surface area (Å²) in [6, 6.07) is 0. The number of aliphatic hydroxyl groups is 3. The van der Waals surface area contributed by atoms with Crippen molar-refractivity contribution in [3.63, 3.8) is 0 Å². The lowest BCUT2D eigenvalue weighted by molar-refractivity contribution is -0.208. The van der Waals surface area contributed by atoms with Crippen molar-refractivity contribution < 1.29 is 29.6 Å². The number of carbonyl (C=O) groups excluding carboxylic acids is 2. The molecule has 0 aromatic heterocycles. The Morgan fingerprint density at radius 3 is 2.46 bits per heavy atom. The normalized spacial score (nSPS) is 48.5. The lowest BCUT2D eigenvalue weighted by atomic mass is 9.60. The minimum absolute atomic E-state index is 0.00875. The minimum atomic E-state index is -1.36. The van der Waals surface area contributed by atoms with Crippen LogP contribution < -0.4 is 0 Å². The van der Waals surface area contributed by atoms with E-state index in [1.165, 1.54) is 6.92 Å². The monoisotopic (exact) mass is 390 g/mol. The highest BCUT2D eigenvalue weighted by Gasteiger charge is 2.84. The van der Waals surface area contributed by atoms with Crippen LogP contribution in [0, 0.1) is 35.0 Å². The van der Waals surface area contributed by atoms with Gasteiger partial charge < -0.3 is 20.1 Å². The number of fused-ring (bicyclic) bond motifs is 5. The molecule has 8 atom stereocenters. The Bertz CT molecular complexity index is 810. The van der Waals surface area contributed by atoms with Crippen LogP contribution in [-0.2, 0) is 14.3 Å². The number of ketones is 1. The predicted octanol–water partition coefficient (Wildman–Crippen LogP) is 1.39. The molecule has 0 amide bonds. The number of hydrogen-bond donors (Lipinski definition) is 3. The summed E-state index contributed by atoms with van der Waals surface area (Å²) in [5.74, 6) is -2.76. The second-order valence-corrected chi connectivity index (χ2v) is 9.79. The van der Waals surface area contributed by atoms with Crippen LogP contribution in [0.5, 0.6) is 0 Å². The Labute approximate surface area is 165 Å². The lowest BCUT2D eigenvalue weighted by Gasteiger charge is -2.51. The van der Waals surface area contributed by atoms with E-state index in [4.69, 9.17) is 4.74 Å². The van der Waals surface area contributed by atoms with Crippen LogP contribution in [0.3, 0.4) is 0 Å². The molecular weight excluding hydrogens is 360 g/mol. The molecule has 0 spiro atoms. The van der Waals surface area contributed by atoms with Crippen molar-refractivity contribution in [1.82, 2.24) is 0 Å².